The lowest BCUT2D eigenvalue weighted by Gasteiger charge is -2.36. The van der Waals surface area contributed by atoms with Crippen LogP contribution in [0.15, 0.2) is 47.3 Å². The van der Waals surface area contributed by atoms with Gasteiger partial charge in [0.2, 0.25) is 5.88 Å². The Bertz CT molecular complexity index is 797. The number of allylic oxidation sites excluding steroid dienone is 3. The molecule has 1 aromatic rings. The van der Waals surface area contributed by atoms with Crippen molar-refractivity contribution >= 4 is 5.78 Å². The summed E-state index contributed by atoms with van der Waals surface area (Å²) in [7, 11) is 1.91. The molecule has 5 heteroatoms. The summed E-state index contributed by atoms with van der Waals surface area (Å²) in [5.74, 6) is 0.306. The van der Waals surface area contributed by atoms with Crippen molar-refractivity contribution in [2.45, 2.75) is 32.6 Å². The zero-order chi connectivity index (χ0) is 16.8. The van der Waals surface area contributed by atoms with E-state index in [1.165, 1.54) is 0 Å². The fourth-order valence-corrected chi connectivity index (χ4v) is 3.40. The van der Waals surface area contributed by atoms with Crippen LogP contribution in [0.2, 0.25) is 0 Å². The summed E-state index contributed by atoms with van der Waals surface area (Å²) < 4.78 is 7.56. The van der Waals surface area contributed by atoms with Gasteiger partial charge in [0, 0.05) is 30.0 Å². The van der Waals surface area contributed by atoms with Gasteiger partial charge in [0.25, 0.3) is 0 Å². The van der Waals surface area contributed by atoms with Gasteiger partial charge in [-0.3, -0.25) is 4.79 Å². The summed E-state index contributed by atoms with van der Waals surface area (Å²) in [5, 5.41) is 9.53. The summed E-state index contributed by atoms with van der Waals surface area (Å²) in [4.78, 5) is 12.8. The Kier molecular flexibility index (Phi) is 3.48. The number of aromatic nitrogens is 1. The van der Waals surface area contributed by atoms with Crippen LogP contribution in [0.3, 0.4) is 0 Å². The Labute approximate surface area is 135 Å². The van der Waals surface area contributed by atoms with E-state index in [1.54, 1.807) is 0 Å². The van der Waals surface area contributed by atoms with E-state index in [0.717, 1.165) is 5.56 Å². The largest absolute Gasteiger partial charge is 0.444 e. The second-order valence-corrected chi connectivity index (χ2v) is 7.01. The molecular formula is C18H20N3O2+. The number of aryl methyl sites for hydroxylation is 1. The maximum Gasteiger partial charge on any atom is 0.205 e. The molecule has 0 aromatic carbocycles. The highest BCUT2D eigenvalue weighted by atomic mass is 16.5. The summed E-state index contributed by atoms with van der Waals surface area (Å²) in [6.45, 7) is 4.07. The molecule has 0 fully saturated rings. The van der Waals surface area contributed by atoms with Gasteiger partial charge in [-0.1, -0.05) is 13.8 Å². The molecule has 2 aliphatic rings. The molecule has 0 bridgehead atoms. The SMILES string of the molecule is C[n+]1cccc([C@H]2C(C#N)=C(N)OC3=C2C(=O)CC(C)(C)C3)c1. The standard InChI is InChI=1S/C18H20N3O2/c1-18(2)7-13(22)16-14(8-18)23-17(20)12(9-19)15(16)11-5-4-6-21(3)10-11/h4-6,10,15H,7-8,20H2,1-3H3/q+1/t15-/m0/s1. The van der Waals surface area contributed by atoms with Crippen molar-refractivity contribution < 1.29 is 14.1 Å². The number of nitriles is 1. The summed E-state index contributed by atoms with van der Waals surface area (Å²) >= 11 is 0. The molecule has 1 aromatic heterocycles. The first-order chi connectivity index (χ1) is 10.8. The van der Waals surface area contributed by atoms with Gasteiger partial charge in [-0.25, -0.2) is 4.57 Å². The van der Waals surface area contributed by atoms with Gasteiger partial charge in [-0.15, -0.1) is 0 Å². The molecule has 0 saturated carbocycles. The Balaban J connectivity index is 2.19. The number of hydrogen-bond donors (Lipinski definition) is 1. The van der Waals surface area contributed by atoms with Crippen molar-refractivity contribution in [1.29, 1.82) is 5.26 Å². The first kappa shape index (κ1) is 15.3. The summed E-state index contributed by atoms with van der Waals surface area (Å²) in [5.41, 5.74) is 7.58. The van der Waals surface area contributed by atoms with Gasteiger partial charge in [0.1, 0.15) is 24.4 Å². The van der Waals surface area contributed by atoms with E-state index in [4.69, 9.17) is 10.5 Å². The third-order valence-electron chi connectivity index (χ3n) is 4.37. The minimum Gasteiger partial charge on any atom is -0.444 e. The number of ketones is 1. The number of nitrogens with two attached hydrogens (primary N) is 1. The van der Waals surface area contributed by atoms with Gasteiger partial charge in [0.05, 0.1) is 5.92 Å². The van der Waals surface area contributed by atoms with Gasteiger partial charge < -0.3 is 10.5 Å². The molecule has 1 aliphatic carbocycles. The summed E-state index contributed by atoms with van der Waals surface area (Å²) in [6, 6.07) is 5.94. The van der Waals surface area contributed by atoms with Crippen LogP contribution in [-0.4, -0.2) is 5.78 Å². The molecule has 23 heavy (non-hydrogen) atoms. The van der Waals surface area contributed by atoms with E-state index in [2.05, 4.69) is 6.07 Å². The lowest BCUT2D eigenvalue weighted by molar-refractivity contribution is -0.671. The van der Waals surface area contributed by atoms with Crippen LogP contribution < -0.4 is 10.3 Å². The minimum absolute atomic E-state index is 0.0352. The first-order valence-electron chi connectivity index (χ1n) is 7.61. The zero-order valence-corrected chi connectivity index (χ0v) is 13.6. The van der Waals surface area contributed by atoms with Crippen molar-refractivity contribution in [2.75, 3.05) is 0 Å². The van der Waals surface area contributed by atoms with E-state index >= 15 is 0 Å². The van der Waals surface area contributed by atoms with E-state index in [-0.39, 0.29) is 17.1 Å². The smallest absolute Gasteiger partial charge is 0.205 e. The van der Waals surface area contributed by atoms with Crippen LogP contribution in [0.5, 0.6) is 0 Å². The molecule has 0 amide bonds. The van der Waals surface area contributed by atoms with Gasteiger partial charge in [0.15, 0.2) is 18.2 Å². The Morgan fingerprint density at radius 2 is 2.17 bits per heavy atom. The number of carbonyl (C=O) groups excluding carboxylic acids is 1. The Morgan fingerprint density at radius 1 is 1.43 bits per heavy atom. The van der Waals surface area contributed by atoms with E-state index in [1.807, 2.05) is 50.0 Å². The number of hydrogen-bond acceptors (Lipinski definition) is 4. The predicted molar refractivity (Wildman–Crippen MR) is 83.3 cm³/mol. The van der Waals surface area contributed by atoms with Crippen LogP contribution in [-0.2, 0) is 16.6 Å². The highest BCUT2D eigenvalue weighted by Crippen LogP contribution is 2.47. The van der Waals surface area contributed by atoms with Crippen LogP contribution in [0.1, 0.15) is 38.2 Å². The molecular weight excluding hydrogens is 290 g/mol. The fraction of sp³-hybridized carbons (Fsp3) is 0.389. The normalized spacial score (nSPS) is 23.2. The fourth-order valence-electron chi connectivity index (χ4n) is 3.40. The maximum atomic E-state index is 12.8. The maximum absolute atomic E-state index is 12.8. The van der Waals surface area contributed by atoms with Crippen molar-refractivity contribution in [3.05, 3.63) is 52.9 Å². The topological polar surface area (TPSA) is 80.0 Å². The molecule has 3 rings (SSSR count). The highest BCUT2D eigenvalue weighted by Gasteiger charge is 2.43. The zero-order valence-electron chi connectivity index (χ0n) is 13.6. The third-order valence-corrected chi connectivity index (χ3v) is 4.37. The molecule has 1 atom stereocenters. The molecule has 0 radical (unpaired) electrons. The minimum atomic E-state index is -0.445. The van der Waals surface area contributed by atoms with Crippen LogP contribution in [0.25, 0.3) is 0 Å². The second kappa shape index (κ2) is 5.24. The number of pyridine rings is 1. The van der Waals surface area contributed by atoms with Crippen molar-refractivity contribution in [2.24, 2.45) is 18.2 Å². The lowest BCUT2D eigenvalue weighted by atomic mass is 9.70. The first-order valence-corrected chi connectivity index (χ1v) is 7.61. The molecule has 0 saturated heterocycles. The van der Waals surface area contributed by atoms with Crippen molar-refractivity contribution in [3.63, 3.8) is 0 Å². The molecule has 0 spiro atoms. The molecule has 1 aliphatic heterocycles. The van der Waals surface area contributed by atoms with Crippen LogP contribution >= 0.6 is 0 Å². The van der Waals surface area contributed by atoms with Gasteiger partial charge in [-0.2, -0.15) is 5.26 Å². The predicted octanol–water partition coefficient (Wildman–Crippen LogP) is 1.96. The number of ether oxygens (including phenoxy) is 1. The monoisotopic (exact) mass is 310 g/mol. The summed E-state index contributed by atoms with van der Waals surface area (Å²) in [6.07, 6.45) is 4.91. The Morgan fingerprint density at radius 3 is 2.83 bits per heavy atom. The molecule has 2 heterocycles. The average molecular weight is 310 g/mol. The van der Waals surface area contributed by atoms with E-state index in [9.17, 15) is 10.1 Å². The van der Waals surface area contributed by atoms with E-state index in [0.29, 0.717) is 29.7 Å². The van der Waals surface area contributed by atoms with Gasteiger partial charge >= 0.3 is 0 Å². The quantitative estimate of drug-likeness (QED) is 0.804. The third kappa shape index (κ3) is 2.61. The number of nitrogens with zero attached hydrogens (tertiary/aromatic N) is 2. The van der Waals surface area contributed by atoms with E-state index < -0.39 is 5.92 Å². The van der Waals surface area contributed by atoms with Crippen LogP contribution in [0.4, 0.5) is 0 Å². The van der Waals surface area contributed by atoms with Crippen LogP contribution in [0, 0.1) is 16.7 Å². The molecule has 118 valence electrons. The van der Waals surface area contributed by atoms with Crippen molar-refractivity contribution in [3.8, 4) is 6.07 Å². The number of rotatable bonds is 1. The lowest BCUT2D eigenvalue weighted by Crippen LogP contribution is -2.34. The Hall–Kier alpha value is -2.61. The van der Waals surface area contributed by atoms with Gasteiger partial charge in [-0.05, 0) is 11.5 Å². The second-order valence-electron chi connectivity index (χ2n) is 7.01. The average Bonchev–Trinajstić information content (AvgIpc) is 2.44. The van der Waals surface area contributed by atoms with Crippen molar-refractivity contribution in [1.82, 2.24) is 0 Å². The molecule has 2 N–H and O–H groups in total. The number of carbonyl (C=O) groups is 1. The molecule has 5 nitrogen and oxygen atoms in total. The highest BCUT2D eigenvalue weighted by molar-refractivity contribution is 6.00. The number of Topliss-reactive ketones (excluding diaryl/α,β-unsaturated/α-hetero) is 1. The molecule has 0 unspecified atom stereocenters.